The van der Waals surface area contributed by atoms with E-state index in [1.54, 1.807) is 19.9 Å². The molecular weight excluding hydrogens is 404 g/mol. The number of carbonyl (C=O) groups is 3. The van der Waals surface area contributed by atoms with Gasteiger partial charge in [-0.1, -0.05) is 17.3 Å². The minimum Gasteiger partial charge on any atom is -0.360 e. The fraction of sp³-hybridized carbons (Fsp3) is 0.429. The molecule has 2 atom stereocenters. The summed E-state index contributed by atoms with van der Waals surface area (Å²) < 4.78 is 4.91. The molecule has 0 unspecified atom stereocenters. The zero-order valence-corrected chi connectivity index (χ0v) is 18.0. The second kappa shape index (κ2) is 9.80. The van der Waals surface area contributed by atoms with Gasteiger partial charge < -0.3 is 20.5 Å². The molecule has 8 nitrogen and oxygen atoms in total. The van der Waals surface area contributed by atoms with Gasteiger partial charge in [0.2, 0.25) is 17.7 Å². The number of benzene rings is 1. The lowest BCUT2D eigenvalue weighted by Gasteiger charge is -2.16. The predicted octanol–water partition coefficient (Wildman–Crippen LogP) is 3.27. The van der Waals surface area contributed by atoms with Crippen LogP contribution >= 0.6 is 11.8 Å². The Morgan fingerprint density at radius 2 is 1.87 bits per heavy atom. The maximum absolute atomic E-state index is 12.3. The summed E-state index contributed by atoms with van der Waals surface area (Å²) in [5.41, 5.74) is 1.69. The molecule has 30 heavy (non-hydrogen) atoms. The van der Waals surface area contributed by atoms with Crippen molar-refractivity contribution in [2.24, 2.45) is 5.92 Å². The van der Waals surface area contributed by atoms with Gasteiger partial charge >= 0.3 is 0 Å². The van der Waals surface area contributed by atoms with Crippen molar-refractivity contribution in [3.8, 4) is 0 Å². The summed E-state index contributed by atoms with van der Waals surface area (Å²) in [6.45, 7) is 5.37. The number of hydrogen-bond acceptors (Lipinski definition) is 6. The van der Waals surface area contributed by atoms with Gasteiger partial charge in [0.25, 0.3) is 0 Å². The van der Waals surface area contributed by atoms with Gasteiger partial charge in [-0.2, -0.15) is 0 Å². The number of aryl methyl sites for hydroxylation is 1. The molecule has 9 heteroatoms. The van der Waals surface area contributed by atoms with E-state index in [0.29, 0.717) is 11.6 Å². The van der Waals surface area contributed by atoms with Crippen LogP contribution in [0.2, 0.25) is 0 Å². The van der Waals surface area contributed by atoms with Crippen LogP contribution in [0.15, 0.2) is 34.9 Å². The van der Waals surface area contributed by atoms with Crippen molar-refractivity contribution >= 4 is 41.0 Å². The Balaban J connectivity index is 1.41. The van der Waals surface area contributed by atoms with Gasteiger partial charge in [-0.15, -0.1) is 11.8 Å². The van der Waals surface area contributed by atoms with Crippen LogP contribution in [0.1, 0.15) is 44.1 Å². The van der Waals surface area contributed by atoms with E-state index in [-0.39, 0.29) is 35.4 Å². The molecule has 0 spiro atoms. The number of thioether (sulfide) groups is 1. The Labute approximate surface area is 179 Å². The third-order valence-electron chi connectivity index (χ3n) is 4.72. The van der Waals surface area contributed by atoms with Gasteiger partial charge in [0.1, 0.15) is 5.76 Å². The number of nitrogens with one attached hydrogen (secondary N) is 3. The molecule has 1 heterocycles. The summed E-state index contributed by atoms with van der Waals surface area (Å²) in [6, 6.07) is 8.89. The standard InChI is InChI=1S/C21H26N4O4S/c1-12-10-18(25-29-12)24-20(27)14(3)30-11-19(26)22-13(2)15-6-8-17(9-7-15)23-21(28)16-4-5-16/h6-10,13-14,16H,4-5,11H2,1-3H3,(H,22,26)(H,23,28)(H,24,25,27)/t13-,14-/m0/s1. The largest absolute Gasteiger partial charge is 0.360 e. The van der Waals surface area contributed by atoms with E-state index in [4.69, 9.17) is 4.52 Å². The quantitative estimate of drug-likeness (QED) is 0.563. The highest BCUT2D eigenvalue weighted by Gasteiger charge is 2.29. The average molecular weight is 431 g/mol. The number of anilines is 2. The summed E-state index contributed by atoms with van der Waals surface area (Å²) in [4.78, 5) is 36.2. The van der Waals surface area contributed by atoms with Crippen molar-refractivity contribution in [1.82, 2.24) is 10.5 Å². The fourth-order valence-corrected chi connectivity index (χ4v) is 3.44. The number of rotatable bonds is 9. The normalized spacial score (nSPS) is 15.2. The highest BCUT2D eigenvalue weighted by atomic mass is 32.2. The molecule has 0 radical (unpaired) electrons. The zero-order chi connectivity index (χ0) is 21.7. The highest BCUT2D eigenvalue weighted by Crippen LogP contribution is 2.30. The van der Waals surface area contributed by atoms with E-state index < -0.39 is 5.25 Å². The van der Waals surface area contributed by atoms with Crippen LogP contribution in [-0.4, -0.2) is 33.9 Å². The van der Waals surface area contributed by atoms with Gasteiger partial charge in [0.15, 0.2) is 5.82 Å². The summed E-state index contributed by atoms with van der Waals surface area (Å²) in [5.74, 6) is 0.959. The number of amides is 3. The predicted molar refractivity (Wildman–Crippen MR) is 116 cm³/mol. The van der Waals surface area contributed by atoms with Gasteiger partial charge in [-0.3, -0.25) is 14.4 Å². The van der Waals surface area contributed by atoms with Gasteiger partial charge in [-0.05, 0) is 51.3 Å². The molecule has 160 valence electrons. The van der Waals surface area contributed by atoms with E-state index >= 15 is 0 Å². The third kappa shape index (κ3) is 6.35. The number of nitrogens with zero attached hydrogens (tertiary/aromatic N) is 1. The molecule has 1 fully saturated rings. The molecule has 3 rings (SSSR count). The van der Waals surface area contributed by atoms with E-state index in [2.05, 4.69) is 21.1 Å². The maximum atomic E-state index is 12.3. The summed E-state index contributed by atoms with van der Waals surface area (Å²) in [5, 5.41) is 11.8. The Kier molecular flexibility index (Phi) is 7.15. The van der Waals surface area contributed by atoms with Gasteiger partial charge in [0, 0.05) is 17.7 Å². The van der Waals surface area contributed by atoms with Crippen molar-refractivity contribution < 1.29 is 18.9 Å². The first kappa shape index (κ1) is 21.9. The molecule has 0 aliphatic heterocycles. The van der Waals surface area contributed by atoms with Crippen LogP contribution < -0.4 is 16.0 Å². The molecule has 2 aromatic rings. The Bertz CT molecular complexity index is 908. The first-order valence-corrected chi connectivity index (χ1v) is 10.9. The number of hydrogen-bond donors (Lipinski definition) is 3. The summed E-state index contributed by atoms with van der Waals surface area (Å²) >= 11 is 1.24. The zero-order valence-electron chi connectivity index (χ0n) is 17.2. The van der Waals surface area contributed by atoms with Crippen LogP contribution in [-0.2, 0) is 14.4 Å². The minimum absolute atomic E-state index is 0.0676. The van der Waals surface area contributed by atoms with Crippen molar-refractivity contribution in [2.45, 2.75) is 44.9 Å². The number of carbonyl (C=O) groups excluding carboxylic acids is 3. The van der Waals surface area contributed by atoms with E-state index in [1.165, 1.54) is 11.8 Å². The second-order valence-electron chi connectivity index (χ2n) is 7.44. The Hall–Kier alpha value is -2.81. The molecule has 1 saturated carbocycles. The van der Waals surface area contributed by atoms with Crippen LogP contribution in [0.5, 0.6) is 0 Å². The summed E-state index contributed by atoms with van der Waals surface area (Å²) in [7, 11) is 0. The van der Waals surface area contributed by atoms with Gasteiger partial charge in [-0.25, -0.2) is 0 Å². The van der Waals surface area contributed by atoms with Crippen molar-refractivity contribution in [2.75, 3.05) is 16.4 Å². The monoisotopic (exact) mass is 430 g/mol. The van der Waals surface area contributed by atoms with E-state index in [9.17, 15) is 14.4 Å². The molecule has 1 aromatic heterocycles. The smallest absolute Gasteiger partial charge is 0.238 e. The van der Waals surface area contributed by atoms with Crippen LogP contribution in [0, 0.1) is 12.8 Å². The fourth-order valence-electron chi connectivity index (χ4n) is 2.74. The lowest BCUT2D eigenvalue weighted by Crippen LogP contribution is -2.30. The van der Waals surface area contributed by atoms with Gasteiger partial charge in [0.05, 0.1) is 17.0 Å². The molecule has 0 bridgehead atoms. The number of aromatic nitrogens is 1. The Morgan fingerprint density at radius 1 is 1.17 bits per heavy atom. The second-order valence-corrected chi connectivity index (χ2v) is 8.77. The molecule has 1 aliphatic carbocycles. The van der Waals surface area contributed by atoms with Crippen molar-refractivity contribution in [1.29, 1.82) is 0 Å². The van der Waals surface area contributed by atoms with Crippen molar-refractivity contribution in [3.63, 3.8) is 0 Å². The molecular formula is C21H26N4O4S. The highest BCUT2D eigenvalue weighted by molar-refractivity contribution is 8.01. The van der Waals surface area contributed by atoms with E-state index in [0.717, 1.165) is 24.1 Å². The molecule has 3 N–H and O–H groups in total. The van der Waals surface area contributed by atoms with Crippen LogP contribution in [0.25, 0.3) is 0 Å². The maximum Gasteiger partial charge on any atom is 0.238 e. The van der Waals surface area contributed by atoms with Crippen molar-refractivity contribution in [3.05, 3.63) is 41.7 Å². The lowest BCUT2D eigenvalue weighted by molar-refractivity contribution is -0.119. The SMILES string of the molecule is Cc1cc(NC(=O)[C@H](C)SCC(=O)N[C@@H](C)c2ccc(NC(=O)C3CC3)cc2)no1. The lowest BCUT2D eigenvalue weighted by atomic mass is 10.1. The summed E-state index contributed by atoms with van der Waals surface area (Å²) in [6.07, 6.45) is 1.93. The van der Waals surface area contributed by atoms with Crippen LogP contribution in [0.4, 0.5) is 11.5 Å². The average Bonchev–Trinajstić information content (AvgIpc) is 3.49. The topological polar surface area (TPSA) is 113 Å². The first-order valence-electron chi connectivity index (χ1n) is 9.88. The third-order valence-corrected chi connectivity index (χ3v) is 5.86. The molecule has 1 aliphatic rings. The molecule has 1 aromatic carbocycles. The Morgan fingerprint density at radius 3 is 2.47 bits per heavy atom. The molecule has 3 amide bonds. The first-order chi connectivity index (χ1) is 14.3. The van der Waals surface area contributed by atoms with Crippen LogP contribution in [0.3, 0.4) is 0 Å². The molecule has 0 saturated heterocycles. The van der Waals surface area contributed by atoms with E-state index in [1.807, 2.05) is 31.2 Å². The minimum atomic E-state index is -0.419.